The van der Waals surface area contributed by atoms with Gasteiger partial charge in [-0.1, -0.05) is 6.42 Å². The third-order valence-corrected chi connectivity index (χ3v) is 5.10. The number of hydrogen-bond acceptors (Lipinski definition) is 1. The van der Waals surface area contributed by atoms with Gasteiger partial charge in [-0.05, 0) is 62.3 Å². The summed E-state index contributed by atoms with van der Waals surface area (Å²) in [6, 6.07) is 8.20. The van der Waals surface area contributed by atoms with Crippen molar-refractivity contribution in [3.8, 4) is 0 Å². The van der Waals surface area contributed by atoms with Crippen LogP contribution in [0.4, 0.5) is 5.69 Å². The third kappa shape index (κ3) is 1.92. The van der Waals surface area contributed by atoms with E-state index >= 15 is 0 Å². The standard InChI is InChI=1S/C17H20N2O/c1-10-6-13-9-14(4-5-16(13)18-10)19-17(20)15-8-11-2-3-12(15)7-11/h4-6,9,11-12,15,18H,2-3,7-8H2,1H3,(H,19,20)/t11-,12-,15+/m0/s1. The molecule has 0 aliphatic heterocycles. The van der Waals surface area contributed by atoms with Crippen LogP contribution in [0.5, 0.6) is 0 Å². The molecule has 2 aromatic rings. The predicted octanol–water partition coefficient (Wildman–Crippen LogP) is 3.85. The molecule has 2 aliphatic carbocycles. The molecule has 3 atom stereocenters. The molecule has 3 nitrogen and oxygen atoms in total. The van der Waals surface area contributed by atoms with Gasteiger partial charge in [0.25, 0.3) is 0 Å². The highest BCUT2D eigenvalue weighted by atomic mass is 16.1. The van der Waals surface area contributed by atoms with Gasteiger partial charge in [0.1, 0.15) is 0 Å². The van der Waals surface area contributed by atoms with E-state index in [0.717, 1.165) is 34.6 Å². The first kappa shape index (κ1) is 12.0. The first-order valence-electron chi connectivity index (χ1n) is 7.59. The molecular formula is C17H20N2O. The Kier molecular flexibility index (Phi) is 2.62. The van der Waals surface area contributed by atoms with Crippen LogP contribution in [-0.4, -0.2) is 10.9 Å². The van der Waals surface area contributed by atoms with Crippen LogP contribution in [0, 0.1) is 24.7 Å². The molecule has 1 heterocycles. The highest BCUT2D eigenvalue weighted by Gasteiger charge is 2.42. The number of hydrogen-bond donors (Lipinski definition) is 2. The third-order valence-electron chi connectivity index (χ3n) is 5.10. The summed E-state index contributed by atoms with van der Waals surface area (Å²) in [7, 11) is 0. The number of anilines is 1. The van der Waals surface area contributed by atoms with Crippen molar-refractivity contribution in [3.63, 3.8) is 0 Å². The second-order valence-electron chi connectivity index (χ2n) is 6.52. The number of aromatic nitrogens is 1. The van der Waals surface area contributed by atoms with Gasteiger partial charge in [0, 0.05) is 28.2 Å². The first-order chi connectivity index (χ1) is 9.69. The summed E-state index contributed by atoms with van der Waals surface area (Å²) in [5, 5.41) is 4.28. The van der Waals surface area contributed by atoms with Crippen LogP contribution in [0.1, 0.15) is 31.4 Å². The Morgan fingerprint density at radius 1 is 1.25 bits per heavy atom. The van der Waals surface area contributed by atoms with E-state index in [1.165, 1.54) is 19.3 Å². The second-order valence-corrected chi connectivity index (χ2v) is 6.52. The van der Waals surface area contributed by atoms with E-state index in [9.17, 15) is 4.79 Å². The van der Waals surface area contributed by atoms with Crippen molar-refractivity contribution in [3.05, 3.63) is 30.0 Å². The largest absolute Gasteiger partial charge is 0.359 e. The number of H-pyrrole nitrogens is 1. The Bertz CT molecular complexity index is 673. The minimum Gasteiger partial charge on any atom is -0.359 e. The van der Waals surface area contributed by atoms with Crippen molar-refractivity contribution >= 4 is 22.5 Å². The van der Waals surface area contributed by atoms with E-state index in [4.69, 9.17) is 0 Å². The maximum absolute atomic E-state index is 12.4. The summed E-state index contributed by atoms with van der Waals surface area (Å²) in [5.41, 5.74) is 3.20. The molecule has 0 spiro atoms. The number of rotatable bonds is 2. The minimum atomic E-state index is 0.226. The van der Waals surface area contributed by atoms with Crippen LogP contribution >= 0.6 is 0 Å². The molecule has 104 valence electrons. The van der Waals surface area contributed by atoms with Gasteiger partial charge in [-0.15, -0.1) is 0 Å². The fourth-order valence-electron chi connectivity index (χ4n) is 4.16. The average Bonchev–Trinajstić information content (AvgIpc) is 3.11. The van der Waals surface area contributed by atoms with E-state index in [1.54, 1.807) is 0 Å². The van der Waals surface area contributed by atoms with Crippen LogP contribution < -0.4 is 5.32 Å². The molecule has 1 amide bonds. The quantitative estimate of drug-likeness (QED) is 0.853. The Morgan fingerprint density at radius 2 is 2.15 bits per heavy atom. The summed E-state index contributed by atoms with van der Waals surface area (Å²) in [5.74, 6) is 1.92. The van der Waals surface area contributed by atoms with Crippen LogP contribution in [0.2, 0.25) is 0 Å². The summed E-state index contributed by atoms with van der Waals surface area (Å²) >= 11 is 0. The lowest BCUT2D eigenvalue weighted by Gasteiger charge is -2.20. The molecule has 2 saturated carbocycles. The van der Waals surface area contributed by atoms with Gasteiger partial charge in [-0.2, -0.15) is 0 Å². The lowest BCUT2D eigenvalue weighted by atomic mass is 9.88. The highest BCUT2D eigenvalue weighted by Crippen LogP contribution is 2.48. The zero-order valence-corrected chi connectivity index (χ0v) is 11.8. The van der Waals surface area contributed by atoms with Crippen molar-refractivity contribution < 1.29 is 4.79 Å². The number of nitrogens with one attached hydrogen (secondary N) is 2. The SMILES string of the molecule is Cc1cc2cc(NC(=O)[C@@H]3C[C@H]4CC[C@H]3C4)ccc2[nH]1. The van der Waals surface area contributed by atoms with Gasteiger partial charge in [-0.3, -0.25) is 4.79 Å². The van der Waals surface area contributed by atoms with Crippen molar-refractivity contribution in [1.82, 2.24) is 4.98 Å². The number of aromatic amines is 1. The van der Waals surface area contributed by atoms with Crippen LogP contribution in [0.25, 0.3) is 10.9 Å². The van der Waals surface area contributed by atoms with E-state index in [0.29, 0.717) is 5.92 Å². The van der Waals surface area contributed by atoms with E-state index in [-0.39, 0.29) is 11.8 Å². The average molecular weight is 268 g/mol. The summed E-state index contributed by atoms with van der Waals surface area (Å²) in [6.07, 6.45) is 4.96. The fraction of sp³-hybridized carbons (Fsp3) is 0.471. The Hall–Kier alpha value is -1.77. The molecule has 2 N–H and O–H groups in total. The molecule has 4 rings (SSSR count). The van der Waals surface area contributed by atoms with E-state index in [1.807, 2.05) is 19.1 Å². The summed E-state index contributed by atoms with van der Waals surface area (Å²) in [6.45, 7) is 2.05. The monoisotopic (exact) mass is 268 g/mol. The maximum Gasteiger partial charge on any atom is 0.227 e. The number of carbonyl (C=O) groups is 1. The molecule has 3 heteroatoms. The zero-order valence-electron chi connectivity index (χ0n) is 11.8. The topological polar surface area (TPSA) is 44.9 Å². The van der Waals surface area contributed by atoms with Crippen molar-refractivity contribution in [1.29, 1.82) is 0 Å². The molecule has 2 aliphatic rings. The smallest absolute Gasteiger partial charge is 0.227 e. The maximum atomic E-state index is 12.4. The van der Waals surface area contributed by atoms with Crippen LogP contribution in [-0.2, 0) is 4.79 Å². The highest BCUT2D eigenvalue weighted by molar-refractivity contribution is 5.95. The lowest BCUT2D eigenvalue weighted by Crippen LogP contribution is -2.27. The Balaban J connectivity index is 1.53. The molecule has 1 aromatic heterocycles. The summed E-state index contributed by atoms with van der Waals surface area (Å²) in [4.78, 5) is 15.7. The molecule has 1 aromatic carbocycles. The number of amides is 1. The van der Waals surface area contributed by atoms with Crippen molar-refractivity contribution in [2.75, 3.05) is 5.32 Å². The molecule has 20 heavy (non-hydrogen) atoms. The normalized spacial score (nSPS) is 28.1. The number of carbonyl (C=O) groups excluding carboxylic acids is 1. The van der Waals surface area contributed by atoms with E-state index in [2.05, 4.69) is 22.4 Å². The predicted molar refractivity (Wildman–Crippen MR) is 80.6 cm³/mol. The van der Waals surface area contributed by atoms with Crippen molar-refractivity contribution in [2.24, 2.45) is 17.8 Å². The van der Waals surface area contributed by atoms with Crippen LogP contribution in [0.3, 0.4) is 0 Å². The van der Waals surface area contributed by atoms with Crippen molar-refractivity contribution in [2.45, 2.75) is 32.6 Å². The number of aryl methyl sites for hydroxylation is 1. The zero-order chi connectivity index (χ0) is 13.7. The molecule has 2 fully saturated rings. The first-order valence-corrected chi connectivity index (χ1v) is 7.59. The molecule has 0 saturated heterocycles. The molecule has 0 unspecified atom stereocenters. The number of benzene rings is 1. The minimum absolute atomic E-state index is 0.226. The molecule has 2 bridgehead atoms. The van der Waals surface area contributed by atoms with Gasteiger partial charge in [0.2, 0.25) is 5.91 Å². The molecular weight excluding hydrogens is 248 g/mol. The van der Waals surface area contributed by atoms with Crippen LogP contribution in [0.15, 0.2) is 24.3 Å². The van der Waals surface area contributed by atoms with Gasteiger partial charge in [-0.25, -0.2) is 0 Å². The Labute approximate surface area is 118 Å². The fourth-order valence-corrected chi connectivity index (χ4v) is 4.16. The van der Waals surface area contributed by atoms with Gasteiger partial charge >= 0.3 is 0 Å². The molecule has 0 radical (unpaired) electrons. The van der Waals surface area contributed by atoms with Gasteiger partial charge < -0.3 is 10.3 Å². The number of fused-ring (bicyclic) bond motifs is 3. The second kappa shape index (κ2) is 4.37. The lowest BCUT2D eigenvalue weighted by molar-refractivity contribution is -0.121. The summed E-state index contributed by atoms with van der Waals surface area (Å²) < 4.78 is 0. The Morgan fingerprint density at radius 3 is 2.90 bits per heavy atom. The van der Waals surface area contributed by atoms with E-state index < -0.39 is 0 Å². The van der Waals surface area contributed by atoms with Gasteiger partial charge in [0.15, 0.2) is 0 Å². The van der Waals surface area contributed by atoms with Gasteiger partial charge in [0.05, 0.1) is 0 Å².